The lowest BCUT2D eigenvalue weighted by molar-refractivity contribution is -0.129. The van der Waals surface area contributed by atoms with Gasteiger partial charge in [0.05, 0.1) is 6.54 Å². The van der Waals surface area contributed by atoms with Crippen LogP contribution in [0.3, 0.4) is 0 Å². The van der Waals surface area contributed by atoms with Crippen molar-refractivity contribution < 1.29 is 4.79 Å². The van der Waals surface area contributed by atoms with Gasteiger partial charge in [-0.15, -0.1) is 0 Å². The summed E-state index contributed by atoms with van der Waals surface area (Å²) in [5.74, 6) is 1.22. The Hall–Kier alpha value is -0.570. The van der Waals surface area contributed by atoms with Gasteiger partial charge in [-0.1, -0.05) is 0 Å². The number of hydrogen-bond donors (Lipinski definition) is 1. The predicted molar refractivity (Wildman–Crippen MR) is 65.2 cm³/mol. The molecule has 92 valence electrons. The van der Waals surface area contributed by atoms with E-state index in [0.717, 1.165) is 25.6 Å². The molecule has 0 radical (unpaired) electrons. The lowest BCUT2D eigenvalue weighted by Gasteiger charge is -2.20. The van der Waals surface area contributed by atoms with Crippen molar-refractivity contribution >= 4 is 5.91 Å². The SMILES string of the molecule is CCN(CC)C(=O)CNCC1(C2CC2)CC1. The fraction of sp³-hybridized carbons (Fsp3) is 0.923. The molecule has 2 fully saturated rings. The first kappa shape index (κ1) is 11.9. The molecule has 0 spiro atoms. The highest BCUT2D eigenvalue weighted by Gasteiger charge is 2.53. The Morgan fingerprint density at radius 3 is 2.38 bits per heavy atom. The Balaban J connectivity index is 1.65. The maximum absolute atomic E-state index is 11.8. The van der Waals surface area contributed by atoms with Gasteiger partial charge in [0, 0.05) is 19.6 Å². The number of nitrogens with zero attached hydrogens (tertiary/aromatic N) is 1. The number of carbonyl (C=O) groups excluding carboxylic acids is 1. The average Bonchev–Trinajstić information content (AvgIpc) is 3.14. The maximum Gasteiger partial charge on any atom is 0.236 e. The van der Waals surface area contributed by atoms with Gasteiger partial charge in [0.1, 0.15) is 0 Å². The van der Waals surface area contributed by atoms with Crippen LogP contribution in [0.4, 0.5) is 0 Å². The van der Waals surface area contributed by atoms with Crippen LogP contribution in [0.25, 0.3) is 0 Å². The molecule has 1 N–H and O–H groups in total. The highest BCUT2D eigenvalue weighted by atomic mass is 16.2. The molecule has 0 saturated heterocycles. The van der Waals surface area contributed by atoms with Crippen molar-refractivity contribution in [3.8, 4) is 0 Å². The third kappa shape index (κ3) is 2.57. The molecule has 16 heavy (non-hydrogen) atoms. The highest BCUT2D eigenvalue weighted by molar-refractivity contribution is 5.78. The predicted octanol–water partition coefficient (Wildman–Crippen LogP) is 1.63. The van der Waals surface area contributed by atoms with Crippen LogP contribution < -0.4 is 5.32 Å². The zero-order valence-corrected chi connectivity index (χ0v) is 10.6. The largest absolute Gasteiger partial charge is 0.342 e. The summed E-state index contributed by atoms with van der Waals surface area (Å²) in [6.45, 7) is 7.30. The molecule has 0 bridgehead atoms. The van der Waals surface area contributed by atoms with Gasteiger partial charge in [0.15, 0.2) is 0 Å². The summed E-state index contributed by atoms with van der Waals surface area (Å²) in [6.07, 6.45) is 5.60. The van der Waals surface area contributed by atoms with Crippen molar-refractivity contribution in [2.75, 3.05) is 26.2 Å². The van der Waals surface area contributed by atoms with E-state index in [1.165, 1.54) is 25.7 Å². The number of rotatable bonds is 7. The summed E-state index contributed by atoms with van der Waals surface area (Å²) in [6, 6.07) is 0. The molecule has 1 amide bonds. The van der Waals surface area contributed by atoms with Crippen LogP contribution in [-0.4, -0.2) is 37.0 Å². The smallest absolute Gasteiger partial charge is 0.236 e. The van der Waals surface area contributed by atoms with Crippen LogP contribution >= 0.6 is 0 Å². The summed E-state index contributed by atoms with van der Waals surface area (Å²) < 4.78 is 0. The van der Waals surface area contributed by atoms with Gasteiger partial charge in [0.2, 0.25) is 5.91 Å². The molecule has 2 rings (SSSR count). The van der Waals surface area contributed by atoms with Crippen LogP contribution in [0, 0.1) is 11.3 Å². The number of carbonyl (C=O) groups is 1. The number of likely N-dealkylation sites (N-methyl/N-ethyl adjacent to an activating group) is 1. The van der Waals surface area contributed by atoms with Gasteiger partial charge >= 0.3 is 0 Å². The van der Waals surface area contributed by atoms with Gasteiger partial charge in [-0.05, 0) is 50.9 Å². The molecule has 0 unspecified atom stereocenters. The van der Waals surface area contributed by atoms with Gasteiger partial charge in [-0.25, -0.2) is 0 Å². The maximum atomic E-state index is 11.8. The summed E-state index contributed by atoms with van der Waals surface area (Å²) in [5, 5.41) is 3.37. The van der Waals surface area contributed by atoms with E-state index in [1.807, 2.05) is 18.7 Å². The van der Waals surface area contributed by atoms with Crippen molar-refractivity contribution in [1.29, 1.82) is 0 Å². The first-order chi connectivity index (χ1) is 7.72. The second-order valence-corrected chi connectivity index (χ2v) is 5.31. The lowest BCUT2D eigenvalue weighted by atomic mass is 10.0. The van der Waals surface area contributed by atoms with Gasteiger partial charge in [-0.2, -0.15) is 0 Å². The molecule has 0 heterocycles. The molecule has 0 aromatic rings. The summed E-state index contributed by atoms with van der Waals surface area (Å²) in [7, 11) is 0. The van der Waals surface area contributed by atoms with Crippen molar-refractivity contribution in [2.45, 2.75) is 39.5 Å². The summed E-state index contributed by atoms with van der Waals surface area (Å²) >= 11 is 0. The number of amides is 1. The summed E-state index contributed by atoms with van der Waals surface area (Å²) in [4.78, 5) is 13.7. The van der Waals surface area contributed by atoms with Crippen molar-refractivity contribution in [3.63, 3.8) is 0 Å². The van der Waals surface area contributed by atoms with E-state index in [9.17, 15) is 4.79 Å². The molecule has 0 aliphatic heterocycles. The van der Waals surface area contributed by atoms with Crippen molar-refractivity contribution in [3.05, 3.63) is 0 Å². The molecular weight excluding hydrogens is 200 g/mol. The van der Waals surface area contributed by atoms with E-state index in [1.54, 1.807) is 0 Å². The van der Waals surface area contributed by atoms with Crippen LogP contribution in [0.2, 0.25) is 0 Å². The highest BCUT2D eigenvalue weighted by Crippen LogP contribution is 2.60. The van der Waals surface area contributed by atoms with E-state index in [0.29, 0.717) is 12.0 Å². The summed E-state index contributed by atoms with van der Waals surface area (Å²) in [5.41, 5.74) is 0.601. The van der Waals surface area contributed by atoms with Gasteiger partial charge in [-0.3, -0.25) is 4.79 Å². The topological polar surface area (TPSA) is 32.3 Å². The van der Waals surface area contributed by atoms with Crippen molar-refractivity contribution in [2.24, 2.45) is 11.3 Å². The number of hydrogen-bond acceptors (Lipinski definition) is 2. The molecule has 2 aliphatic rings. The molecule has 0 aromatic heterocycles. The van der Waals surface area contributed by atoms with Gasteiger partial charge < -0.3 is 10.2 Å². The first-order valence-electron chi connectivity index (χ1n) is 6.70. The zero-order valence-electron chi connectivity index (χ0n) is 10.6. The molecule has 0 atom stereocenters. The minimum absolute atomic E-state index is 0.247. The van der Waals surface area contributed by atoms with Crippen LogP contribution in [0.15, 0.2) is 0 Å². The van der Waals surface area contributed by atoms with E-state index in [4.69, 9.17) is 0 Å². The third-order valence-corrected chi connectivity index (χ3v) is 4.21. The Morgan fingerprint density at radius 1 is 1.31 bits per heavy atom. The minimum atomic E-state index is 0.247. The van der Waals surface area contributed by atoms with E-state index in [-0.39, 0.29) is 5.91 Å². The Kier molecular flexibility index (Phi) is 3.53. The average molecular weight is 224 g/mol. The normalized spacial score (nSPS) is 21.9. The Labute approximate surface area is 98.6 Å². The molecule has 2 aliphatic carbocycles. The van der Waals surface area contributed by atoms with Crippen LogP contribution in [0.5, 0.6) is 0 Å². The second kappa shape index (κ2) is 4.74. The molecule has 3 nitrogen and oxygen atoms in total. The standard InChI is InChI=1S/C13H24N2O/c1-3-15(4-2)12(16)9-14-10-13(7-8-13)11-5-6-11/h11,14H,3-10H2,1-2H3. The van der Waals surface area contributed by atoms with Crippen molar-refractivity contribution in [1.82, 2.24) is 10.2 Å². The Bertz CT molecular complexity index is 253. The Morgan fingerprint density at radius 2 is 1.94 bits per heavy atom. The molecular formula is C13H24N2O. The van der Waals surface area contributed by atoms with Gasteiger partial charge in [0.25, 0.3) is 0 Å². The fourth-order valence-electron chi connectivity index (χ4n) is 2.69. The fourth-order valence-corrected chi connectivity index (χ4v) is 2.69. The van der Waals surface area contributed by atoms with Crippen LogP contribution in [0.1, 0.15) is 39.5 Å². The molecule has 2 saturated carbocycles. The third-order valence-electron chi connectivity index (χ3n) is 4.21. The molecule has 0 aromatic carbocycles. The number of nitrogens with one attached hydrogen (secondary N) is 1. The van der Waals surface area contributed by atoms with Crippen LogP contribution in [-0.2, 0) is 4.79 Å². The van der Waals surface area contributed by atoms with E-state index in [2.05, 4.69) is 5.32 Å². The molecule has 3 heteroatoms. The monoisotopic (exact) mass is 224 g/mol. The van der Waals surface area contributed by atoms with E-state index >= 15 is 0 Å². The quantitative estimate of drug-likeness (QED) is 0.713. The zero-order chi connectivity index (χ0) is 11.6. The van der Waals surface area contributed by atoms with E-state index < -0.39 is 0 Å². The second-order valence-electron chi connectivity index (χ2n) is 5.31. The first-order valence-corrected chi connectivity index (χ1v) is 6.70. The lowest BCUT2D eigenvalue weighted by Crippen LogP contribution is -2.39. The minimum Gasteiger partial charge on any atom is -0.342 e.